The number of carbonyl (C=O) groups excluding carboxylic acids is 1. The fourth-order valence-electron chi connectivity index (χ4n) is 2.59. The SMILES string of the molecule is C=CCN1C(=O)/C(=C\c2cc([N+](=O)[O-])ccc2OCc2ccccc2F)SC1=S. The summed E-state index contributed by atoms with van der Waals surface area (Å²) in [7, 11) is 0. The Morgan fingerprint density at radius 2 is 2.07 bits per heavy atom. The second-order valence-corrected chi connectivity index (χ2v) is 7.62. The van der Waals surface area contributed by atoms with Crippen molar-refractivity contribution in [2.75, 3.05) is 6.54 Å². The van der Waals surface area contributed by atoms with Gasteiger partial charge < -0.3 is 4.74 Å². The molecule has 0 unspecified atom stereocenters. The summed E-state index contributed by atoms with van der Waals surface area (Å²) < 4.78 is 19.9. The first-order chi connectivity index (χ1) is 13.9. The van der Waals surface area contributed by atoms with Crippen molar-refractivity contribution in [3.63, 3.8) is 0 Å². The zero-order valence-corrected chi connectivity index (χ0v) is 16.7. The van der Waals surface area contributed by atoms with E-state index >= 15 is 0 Å². The number of thioether (sulfide) groups is 1. The third-order valence-electron chi connectivity index (χ3n) is 4.02. The summed E-state index contributed by atoms with van der Waals surface area (Å²) in [6.07, 6.45) is 3.05. The molecule has 29 heavy (non-hydrogen) atoms. The molecule has 0 aromatic heterocycles. The number of halogens is 1. The highest BCUT2D eigenvalue weighted by molar-refractivity contribution is 8.26. The van der Waals surface area contributed by atoms with Gasteiger partial charge in [0, 0.05) is 29.8 Å². The first-order valence-electron chi connectivity index (χ1n) is 8.41. The van der Waals surface area contributed by atoms with Gasteiger partial charge in [0.05, 0.1) is 9.83 Å². The van der Waals surface area contributed by atoms with Crippen molar-refractivity contribution < 1.29 is 18.8 Å². The number of nitro groups is 1. The molecule has 148 valence electrons. The van der Waals surface area contributed by atoms with Crippen molar-refractivity contribution in [1.82, 2.24) is 4.90 Å². The number of thiocarbonyl (C=S) groups is 1. The molecule has 0 spiro atoms. The van der Waals surface area contributed by atoms with Gasteiger partial charge in [-0.2, -0.15) is 0 Å². The first-order valence-corrected chi connectivity index (χ1v) is 9.64. The summed E-state index contributed by atoms with van der Waals surface area (Å²) in [6, 6.07) is 10.2. The van der Waals surface area contributed by atoms with Crippen LogP contribution < -0.4 is 4.74 Å². The van der Waals surface area contributed by atoms with Crippen LogP contribution in [0.2, 0.25) is 0 Å². The lowest BCUT2D eigenvalue weighted by Crippen LogP contribution is -2.27. The molecule has 6 nitrogen and oxygen atoms in total. The van der Waals surface area contributed by atoms with Crippen LogP contribution in [-0.2, 0) is 11.4 Å². The quantitative estimate of drug-likeness (QED) is 0.208. The number of hydrogen-bond donors (Lipinski definition) is 0. The van der Waals surface area contributed by atoms with Crippen LogP contribution in [0.5, 0.6) is 5.75 Å². The molecule has 1 amide bonds. The van der Waals surface area contributed by atoms with Crippen molar-refractivity contribution in [2.45, 2.75) is 6.61 Å². The Morgan fingerprint density at radius 1 is 1.31 bits per heavy atom. The van der Waals surface area contributed by atoms with Crippen LogP contribution in [0.1, 0.15) is 11.1 Å². The maximum Gasteiger partial charge on any atom is 0.270 e. The maximum atomic E-state index is 13.8. The Kier molecular flexibility index (Phi) is 6.40. The smallest absolute Gasteiger partial charge is 0.270 e. The lowest BCUT2D eigenvalue weighted by molar-refractivity contribution is -0.384. The maximum absolute atomic E-state index is 13.8. The Hall–Kier alpha value is -3.04. The molecular weight excluding hydrogens is 415 g/mol. The van der Waals surface area contributed by atoms with Crippen molar-refractivity contribution in [3.05, 3.63) is 87.1 Å². The summed E-state index contributed by atoms with van der Waals surface area (Å²) in [5.41, 5.74) is 0.514. The van der Waals surface area contributed by atoms with Gasteiger partial charge in [-0.25, -0.2) is 4.39 Å². The number of nitro benzene ring substituents is 1. The molecule has 0 saturated carbocycles. The van der Waals surface area contributed by atoms with Crippen molar-refractivity contribution in [3.8, 4) is 5.75 Å². The molecule has 0 aliphatic carbocycles. The van der Waals surface area contributed by atoms with Gasteiger partial charge in [0.25, 0.3) is 11.6 Å². The molecule has 3 rings (SSSR count). The van der Waals surface area contributed by atoms with Gasteiger partial charge in [0.1, 0.15) is 22.5 Å². The lowest BCUT2D eigenvalue weighted by atomic mass is 10.1. The van der Waals surface area contributed by atoms with Gasteiger partial charge in [-0.3, -0.25) is 19.8 Å². The van der Waals surface area contributed by atoms with Crippen LogP contribution in [0.4, 0.5) is 10.1 Å². The minimum absolute atomic E-state index is 0.0667. The number of non-ortho nitro benzene ring substituents is 1. The molecule has 2 aromatic carbocycles. The van der Waals surface area contributed by atoms with Gasteiger partial charge >= 0.3 is 0 Å². The fourth-order valence-corrected chi connectivity index (χ4v) is 3.86. The van der Waals surface area contributed by atoms with Crippen LogP contribution in [0.25, 0.3) is 6.08 Å². The predicted octanol–water partition coefficient (Wildman–Crippen LogP) is 4.70. The highest BCUT2D eigenvalue weighted by Gasteiger charge is 2.31. The molecule has 0 radical (unpaired) electrons. The van der Waals surface area contributed by atoms with Crippen molar-refractivity contribution in [1.29, 1.82) is 0 Å². The van der Waals surface area contributed by atoms with Gasteiger partial charge in [-0.1, -0.05) is 48.3 Å². The second kappa shape index (κ2) is 8.97. The Balaban J connectivity index is 1.93. The summed E-state index contributed by atoms with van der Waals surface area (Å²) in [5, 5.41) is 11.2. The summed E-state index contributed by atoms with van der Waals surface area (Å²) >= 11 is 6.30. The number of ether oxygens (including phenoxy) is 1. The summed E-state index contributed by atoms with van der Waals surface area (Å²) in [5.74, 6) is -0.444. The third kappa shape index (κ3) is 4.69. The second-order valence-electron chi connectivity index (χ2n) is 5.94. The number of benzene rings is 2. The summed E-state index contributed by atoms with van der Waals surface area (Å²) in [6.45, 7) is 3.80. The third-order valence-corrected chi connectivity index (χ3v) is 5.39. The van der Waals surface area contributed by atoms with Crippen LogP contribution in [-0.4, -0.2) is 26.6 Å². The molecule has 1 fully saturated rings. The van der Waals surface area contributed by atoms with Crippen LogP contribution in [0.3, 0.4) is 0 Å². The van der Waals surface area contributed by atoms with E-state index in [-0.39, 0.29) is 30.5 Å². The molecule has 1 heterocycles. The average Bonchev–Trinajstić information content (AvgIpc) is 2.95. The number of nitrogens with zero attached hydrogens (tertiary/aromatic N) is 2. The van der Waals surface area contributed by atoms with E-state index < -0.39 is 10.7 Å². The minimum atomic E-state index is -0.541. The van der Waals surface area contributed by atoms with Crippen LogP contribution in [0.15, 0.2) is 60.0 Å². The van der Waals surface area contributed by atoms with E-state index in [9.17, 15) is 19.3 Å². The normalized spacial score (nSPS) is 15.1. The molecule has 0 bridgehead atoms. The summed E-state index contributed by atoms with van der Waals surface area (Å²) in [4.78, 5) is 24.9. The van der Waals surface area contributed by atoms with Crippen LogP contribution in [0, 0.1) is 15.9 Å². The Morgan fingerprint density at radius 3 is 2.76 bits per heavy atom. The topological polar surface area (TPSA) is 72.7 Å². The minimum Gasteiger partial charge on any atom is -0.488 e. The van der Waals surface area contributed by atoms with E-state index in [0.29, 0.717) is 20.4 Å². The molecule has 1 aliphatic rings. The zero-order chi connectivity index (χ0) is 21.0. The number of rotatable bonds is 7. The van der Waals surface area contributed by atoms with E-state index in [1.54, 1.807) is 24.3 Å². The van der Waals surface area contributed by atoms with E-state index in [2.05, 4.69) is 6.58 Å². The average molecular weight is 430 g/mol. The van der Waals surface area contributed by atoms with Gasteiger partial charge in [-0.15, -0.1) is 6.58 Å². The molecule has 9 heteroatoms. The predicted molar refractivity (Wildman–Crippen MR) is 114 cm³/mol. The lowest BCUT2D eigenvalue weighted by Gasteiger charge is -2.11. The first kappa shape index (κ1) is 20.7. The van der Waals surface area contributed by atoms with Crippen molar-refractivity contribution >= 4 is 46.0 Å². The van der Waals surface area contributed by atoms with E-state index in [4.69, 9.17) is 17.0 Å². The Bertz CT molecular complexity index is 1040. The van der Waals surface area contributed by atoms with Gasteiger partial charge in [0.2, 0.25) is 0 Å². The molecule has 1 aliphatic heterocycles. The fraction of sp³-hybridized carbons (Fsp3) is 0.100. The van der Waals surface area contributed by atoms with Gasteiger partial charge in [-0.05, 0) is 18.2 Å². The molecule has 2 aromatic rings. The van der Waals surface area contributed by atoms with E-state index in [1.807, 2.05) is 0 Å². The van der Waals surface area contributed by atoms with E-state index in [1.165, 1.54) is 35.2 Å². The molecule has 1 saturated heterocycles. The molecular formula is C20H15FN2O4S2. The number of amides is 1. The molecule has 0 atom stereocenters. The van der Waals surface area contributed by atoms with Crippen molar-refractivity contribution in [2.24, 2.45) is 0 Å². The highest BCUT2D eigenvalue weighted by Crippen LogP contribution is 2.35. The van der Waals surface area contributed by atoms with Gasteiger partial charge in [0.15, 0.2) is 0 Å². The van der Waals surface area contributed by atoms with E-state index in [0.717, 1.165) is 11.8 Å². The molecule has 0 N–H and O–H groups in total. The largest absolute Gasteiger partial charge is 0.488 e. The number of hydrogen-bond acceptors (Lipinski definition) is 6. The highest BCUT2D eigenvalue weighted by atomic mass is 32.2. The standard InChI is InChI=1S/C20H15FN2O4S2/c1-2-9-22-19(24)18(29-20(22)28)11-14-10-15(23(25)26)7-8-17(14)27-12-13-5-3-4-6-16(13)21/h2-8,10-11H,1,9,12H2/b18-11+. The van der Waals surface area contributed by atoms with Crippen LogP contribution >= 0.6 is 24.0 Å². The Labute approximate surface area is 175 Å². The monoisotopic (exact) mass is 430 g/mol. The number of carbonyl (C=O) groups is 1. The zero-order valence-electron chi connectivity index (χ0n) is 15.0.